The SMILES string of the molecule is CCCNCc1cc(S(=O)(=O)NCCN(CC)CC)cs1. The Morgan fingerprint density at radius 3 is 2.52 bits per heavy atom. The van der Waals surface area contributed by atoms with Gasteiger partial charge in [0.1, 0.15) is 0 Å². The molecule has 0 radical (unpaired) electrons. The molecule has 5 nitrogen and oxygen atoms in total. The molecule has 0 fully saturated rings. The van der Waals surface area contributed by atoms with Gasteiger partial charge in [-0.1, -0.05) is 20.8 Å². The number of thiophene rings is 1. The standard InChI is InChI=1S/C14H27N3O2S2/c1-4-7-15-11-13-10-14(12-20-13)21(18,19)16-8-9-17(5-2)6-3/h10,12,15-16H,4-9,11H2,1-3H3. The van der Waals surface area contributed by atoms with E-state index in [2.05, 4.69) is 35.7 Å². The fourth-order valence-corrected chi connectivity index (χ4v) is 4.21. The van der Waals surface area contributed by atoms with E-state index in [0.717, 1.165) is 44.0 Å². The minimum Gasteiger partial charge on any atom is -0.312 e. The summed E-state index contributed by atoms with van der Waals surface area (Å²) >= 11 is 1.48. The summed E-state index contributed by atoms with van der Waals surface area (Å²) in [6, 6.07) is 1.76. The van der Waals surface area contributed by atoms with E-state index < -0.39 is 10.0 Å². The summed E-state index contributed by atoms with van der Waals surface area (Å²) in [5, 5.41) is 4.99. The molecular formula is C14H27N3O2S2. The van der Waals surface area contributed by atoms with Gasteiger partial charge < -0.3 is 10.2 Å². The normalized spacial score (nSPS) is 12.2. The molecule has 0 atom stereocenters. The van der Waals surface area contributed by atoms with Gasteiger partial charge in [-0.3, -0.25) is 0 Å². The van der Waals surface area contributed by atoms with Crippen LogP contribution in [0, 0.1) is 0 Å². The second kappa shape index (κ2) is 9.53. The summed E-state index contributed by atoms with van der Waals surface area (Å²) in [4.78, 5) is 3.61. The molecule has 1 heterocycles. The number of sulfonamides is 1. The maximum absolute atomic E-state index is 12.2. The zero-order valence-electron chi connectivity index (χ0n) is 13.2. The van der Waals surface area contributed by atoms with Gasteiger partial charge in [-0.15, -0.1) is 11.3 Å². The van der Waals surface area contributed by atoms with Crippen LogP contribution in [0.3, 0.4) is 0 Å². The van der Waals surface area contributed by atoms with E-state index in [1.807, 2.05) is 0 Å². The molecule has 1 aromatic heterocycles. The van der Waals surface area contributed by atoms with Crippen LogP contribution in [-0.2, 0) is 16.6 Å². The molecule has 122 valence electrons. The van der Waals surface area contributed by atoms with Gasteiger partial charge in [0.25, 0.3) is 0 Å². The lowest BCUT2D eigenvalue weighted by Crippen LogP contribution is -2.34. The number of hydrogen-bond donors (Lipinski definition) is 2. The maximum Gasteiger partial charge on any atom is 0.241 e. The van der Waals surface area contributed by atoms with Crippen LogP contribution in [0.1, 0.15) is 32.1 Å². The van der Waals surface area contributed by atoms with Crippen molar-refractivity contribution >= 4 is 21.4 Å². The van der Waals surface area contributed by atoms with Crippen LogP contribution in [0.25, 0.3) is 0 Å². The van der Waals surface area contributed by atoms with Crippen molar-refractivity contribution in [3.8, 4) is 0 Å². The first-order chi connectivity index (χ1) is 10.0. The highest BCUT2D eigenvalue weighted by molar-refractivity contribution is 7.89. The summed E-state index contributed by atoms with van der Waals surface area (Å²) in [5.41, 5.74) is 0. The maximum atomic E-state index is 12.2. The summed E-state index contributed by atoms with van der Waals surface area (Å²) in [6.07, 6.45) is 1.07. The van der Waals surface area contributed by atoms with Crippen molar-refractivity contribution in [3.63, 3.8) is 0 Å². The van der Waals surface area contributed by atoms with Gasteiger partial charge in [0.15, 0.2) is 0 Å². The fourth-order valence-electron chi connectivity index (χ4n) is 1.94. The molecule has 0 saturated heterocycles. The molecule has 0 saturated carbocycles. The van der Waals surface area contributed by atoms with Gasteiger partial charge >= 0.3 is 0 Å². The third-order valence-corrected chi connectivity index (χ3v) is 5.81. The largest absolute Gasteiger partial charge is 0.312 e. The molecule has 0 aliphatic heterocycles. The molecule has 0 amide bonds. The highest BCUT2D eigenvalue weighted by atomic mass is 32.2. The number of rotatable bonds is 11. The molecule has 0 aromatic carbocycles. The second-order valence-corrected chi connectivity index (χ2v) is 7.61. The van der Waals surface area contributed by atoms with Crippen LogP contribution in [0.5, 0.6) is 0 Å². The van der Waals surface area contributed by atoms with Crippen LogP contribution in [0.2, 0.25) is 0 Å². The lowest BCUT2D eigenvalue weighted by atomic mass is 10.4. The van der Waals surface area contributed by atoms with E-state index in [0.29, 0.717) is 11.4 Å². The van der Waals surface area contributed by atoms with E-state index in [1.165, 1.54) is 11.3 Å². The summed E-state index contributed by atoms with van der Waals surface area (Å²) in [7, 11) is -3.38. The molecule has 0 aliphatic carbocycles. The fraction of sp³-hybridized carbons (Fsp3) is 0.714. The molecule has 2 N–H and O–H groups in total. The first-order valence-electron chi connectivity index (χ1n) is 7.53. The van der Waals surface area contributed by atoms with Crippen LogP contribution in [0.15, 0.2) is 16.3 Å². The third-order valence-electron chi connectivity index (χ3n) is 3.28. The Labute approximate surface area is 132 Å². The summed E-state index contributed by atoms with van der Waals surface area (Å²) < 4.78 is 27.1. The monoisotopic (exact) mass is 333 g/mol. The van der Waals surface area contributed by atoms with Crippen LogP contribution >= 0.6 is 11.3 Å². The molecule has 21 heavy (non-hydrogen) atoms. The van der Waals surface area contributed by atoms with Crippen molar-refractivity contribution < 1.29 is 8.42 Å². The van der Waals surface area contributed by atoms with Gasteiger partial charge in [0.2, 0.25) is 10.0 Å². The van der Waals surface area contributed by atoms with Gasteiger partial charge in [-0.05, 0) is 32.1 Å². The first kappa shape index (κ1) is 18.6. The topological polar surface area (TPSA) is 61.4 Å². The van der Waals surface area contributed by atoms with Gasteiger partial charge in [-0.2, -0.15) is 0 Å². The lowest BCUT2D eigenvalue weighted by Gasteiger charge is -2.17. The predicted octanol–water partition coefficient (Wildman–Crippen LogP) is 1.87. The Kier molecular flexibility index (Phi) is 8.43. The molecule has 1 aromatic rings. The number of hydrogen-bond acceptors (Lipinski definition) is 5. The smallest absolute Gasteiger partial charge is 0.241 e. The van der Waals surface area contributed by atoms with Crippen molar-refractivity contribution in [2.24, 2.45) is 0 Å². The zero-order valence-corrected chi connectivity index (χ0v) is 14.8. The van der Waals surface area contributed by atoms with Crippen molar-refractivity contribution in [1.82, 2.24) is 14.9 Å². The average Bonchev–Trinajstić information content (AvgIpc) is 2.94. The molecule has 0 unspecified atom stereocenters. The van der Waals surface area contributed by atoms with E-state index in [-0.39, 0.29) is 0 Å². The Balaban J connectivity index is 2.50. The number of likely N-dealkylation sites (N-methyl/N-ethyl adjacent to an activating group) is 1. The molecule has 0 spiro atoms. The average molecular weight is 334 g/mol. The van der Waals surface area contributed by atoms with Crippen molar-refractivity contribution in [1.29, 1.82) is 0 Å². The van der Waals surface area contributed by atoms with Crippen LogP contribution in [-0.4, -0.2) is 46.0 Å². The van der Waals surface area contributed by atoms with E-state index in [9.17, 15) is 8.42 Å². The predicted molar refractivity (Wildman–Crippen MR) is 89.3 cm³/mol. The van der Waals surface area contributed by atoms with E-state index >= 15 is 0 Å². The van der Waals surface area contributed by atoms with Gasteiger partial charge in [-0.25, -0.2) is 13.1 Å². The summed E-state index contributed by atoms with van der Waals surface area (Å²) in [6.45, 7) is 11.0. The highest BCUT2D eigenvalue weighted by Gasteiger charge is 2.15. The quantitative estimate of drug-likeness (QED) is 0.607. The molecular weight excluding hydrogens is 306 g/mol. The minimum atomic E-state index is -3.38. The Bertz CT molecular complexity index is 496. The Hall–Kier alpha value is -0.470. The third kappa shape index (κ3) is 6.44. The Morgan fingerprint density at radius 2 is 1.90 bits per heavy atom. The first-order valence-corrected chi connectivity index (χ1v) is 9.89. The molecule has 0 aliphatic rings. The number of nitrogens with zero attached hydrogens (tertiary/aromatic N) is 1. The zero-order chi connectivity index (χ0) is 15.7. The van der Waals surface area contributed by atoms with Crippen molar-refractivity contribution in [3.05, 3.63) is 16.3 Å². The van der Waals surface area contributed by atoms with Crippen molar-refractivity contribution in [2.75, 3.05) is 32.7 Å². The van der Waals surface area contributed by atoms with Crippen molar-refractivity contribution in [2.45, 2.75) is 38.6 Å². The minimum absolute atomic E-state index is 0.375. The van der Waals surface area contributed by atoms with Gasteiger partial charge in [0, 0.05) is 29.9 Å². The van der Waals surface area contributed by atoms with E-state index in [1.54, 1.807) is 11.4 Å². The lowest BCUT2D eigenvalue weighted by molar-refractivity contribution is 0.309. The molecule has 7 heteroatoms. The number of nitrogens with one attached hydrogen (secondary N) is 2. The molecule has 0 bridgehead atoms. The second-order valence-electron chi connectivity index (χ2n) is 4.85. The van der Waals surface area contributed by atoms with Crippen LogP contribution in [0.4, 0.5) is 0 Å². The van der Waals surface area contributed by atoms with E-state index in [4.69, 9.17) is 0 Å². The van der Waals surface area contributed by atoms with Gasteiger partial charge in [0.05, 0.1) is 4.90 Å². The molecule has 1 rings (SSSR count). The highest BCUT2D eigenvalue weighted by Crippen LogP contribution is 2.18. The van der Waals surface area contributed by atoms with Crippen LogP contribution < -0.4 is 10.0 Å². The summed E-state index contributed by atoms with van der Waals surface area (Å²) in [5.74, 6) is 0. The Morgan fingerprint density at radius 1 is 1.19 bits per heavy atom.